The molecule has 0 amide bonds. The molecule has 0 radical (unpaired) electrons. The third kappa shape index (κ3) is 3.24. The highest BCUT2D eigenvalue weighted by atomic mass is 35.5. The van der Waals surface area contributed by atoms with Crippen LogP contribution in [0.3, 0.4) is 0 Å². The fraction of sp³-hybridized carbons (Fsp3) is 0.533. The molecule has 0 aliphatic rings. The number of halogens is 1. The molecule has 0 N–H and O–H groups in total. The van der Waals surface area contributed by atoms with Gasteiger partial charge in [0.05, 0.1) is 30.6 Å². The molecule has 1 aromatic carbocycles. The summed E-state index contributed by atoms with van der Waals surface area (Å²) in [4.78, 5) is 4.67. The van der Waals surface area contributed by atoms with E-state index in [0.29, 0.717) is 16.7 Å². The Morgan fingerprint density at radius 3 is 2.38 bits per heavy atom. The Morgan fingerprint density at radius 1 is 1.24 bits per heavy atom. The van der Waals surface area contributed by atoms with Crippen molar-refractivity contribution < 1.29 is 9.47 Å². The Labute approximate surface area is 134 Å². The van der Waals surface area contributed by atoms with Gasteiger partial charge in [0, 0.05) is 23.9 Å². The fourth-order valence-electron chi connectivity index (χ4n) is 2.30. The van der Waals surface area contributed by atoms with E-state index in [4.69, 9.17) is 21.1 Å². The van der Waals surface area contributed by atoms with Gasteiger partial charge in [-0.1, -0.05) is 6.92 Å². The quantitative estimate of drug-likeness (QED) is 0.748. The summed E-state index contributed by atoms with van der Waals surface area (Å²) in [6, 6.07) is 3.87. The molecule has 0 spiro atoms. The number of methoxy groups -OCH3 is 2. The van der Waals surface area contributed by atoms with Gasteiger partial charge in [-0.15, -0.1) is 11.6 Å². The van der Waals surface area contributed by atoms with Crippen LogP contribution < -0.4 is 9.47 Å². The molecule has 21 heavy (non-hydrogen) atoms. The number of imidazole rings is 1. The van der Waals surface area contributed by atoms with Crippen LogP contribution in [0, 0.1) is 0 Å². The van der Waals surface area contributed by atoms with E-state index in [1.54, 1.807) is 14.2 Å². The first-order valence-corrected chi connectivity index (χ1v) is 8.53. The first kappa shape index (κ1) is 16.3. The Morgan fingerprint density at radius 2 is 1.86 bits per heavy atom. The van der Waals surface area contributed by atoms with Crippen LogP contribution >= 0.6 is 23.4 Å². The SMILES string of the molecule is COc1cc2nc(C(C)Cl)n(CC(C)SC)c2cc1OC. The number of rotatable bonds is 6. The molecule has 2 atom stereocenters. The van der Waals surface area contributed by atoms with Gasteiger partial charge < -0.3 is 14.0 Å². The minimum atomic E-state index is -0.150. The third-order valence-electron chi connectivity index (χ3n) is 3.48. The molecule has 1 heterocycles. The van der Waals surface area contributed by atoms with Gasteiger partial charge in [-0.2, -0.15) is 11.8 Å². The fourth-order valence-corrected chi connectivity index (χ4v) is 2.76. The second-order valence-corrected chi connectivity index (χ2v) is 6.87. The molecule has 116 valence electrons. The van der Waals surface area contributed by atoms with E-state index in [-0.39, 0.29) is 5.38 Å². The standard InChI is InChI=1S/C15H21ClN2O2S/c1-9(21-5)8-18-12-7-14(20-4)13(19-3)6-11(12)17-15(18)10(2)16/h6-7,9-10H,8H2,1-5H3. The van der Waals surface area contributed by atoms with Crippen LogP contribution in [0.1, 0.15) is 25.0 Å². The summed E-state index contributed by atoms with van der Waals surface area (Å²) in [6.45, 7) is 5.00. The minimum Gasteiger partial charge on any atom is -0.493 e. The van der Waals surface area contributed by atoms with E-state index in [2.05, 4.69) is 22.7 Å². The van der Waals surface area contributed by atoms with E-state index in [9.17, 15) is 0 Å². The van der Waals surface area contributed by atoms with Gasteiger partial charge in [-0.3, -0.25) is 0 Å². The summed E-state index contributed by atoms with van der Waals surface area (Å²) >= 11 is 8.12. The van der Waals surface area contributed by atoms with Crippen LogP contribution in [0.25, 0.3) is 11.0 Å². The molecule has 2 unspecified atom stereocenters. The maximum atomic E-state index is 6.30. The zero-order valence-electron chi connectivity index (χ0n) is 13.0. The summed E-state index contributed by atoms with van der Waals surface area (Å²) in [5, 5.41) is 0.327. The lowest BCUT2D eigenvalue weighted by Crippen LogP contribution is -2.12. The lowest BCUT2D eigenvalue weighted by molar-refractivity contribution is 0.355. The molecule has 0 fully saturated rings. The smallest absolute Gasteiger partial charge is 0.163 e. The number of benzene rings is 1. The van der Waals surface area contributed by atoms with Gasteiger partial charge in [-0.25, -0.2) is 4.98 Å². The van der Waals surface area contributed by atoms with Crippen molar-refractivity contribution in [3.8, 4) is 11.5 Å². The largest absolute Gasteiger partial charge is 0.493 e. The van der Waals surface area contributed by atoms with E-state index in [0.717, 1.165) is 23.4 Å². The Kier molecular flexibility index (Phi) is 5.27. The summed E-state index contributed by atoms with van der Waals surface area (Å²) in [5.74, 6) is 2.26. The average Bonchev–Trinajstić information content (AvgIpc) is 2.83. The molecule has 0 aliphatic heterocycles. The lowest BCUT2D eigenvalue weighted by Gasteiger charge is -2.15. The van der Waals surface area contributed by atoms with Crippen LogP contribution in [0.2, 0.25) is 0 Å². The molecule has 4 nitrogen and oxygen atoms in total. The van der Waals surface area contributed by atoms with E-state index in [1.807, 2.05) is 30.8 Å². The van der Waals surface area contributed by atoms with Gasteiger partial charge in [0.25, 0.3) is 0 Å². The lowest BCUT2D eigenvalue weighted by atomic mass is 10.2. The van der Waals surface area contributed by atoms with Gasteiger partial charge in [0.2, 0.25) is 0 Å². The topological polar surface area (TPSA) is 36.3 Å². The normalized spacial score (nSPS) is 14.2. The number of thioether (sulfide) groups is 1. The highest BCUT2D eigenvalue weighted by molar-refractivity contribution is 7.99. The summed E-state index contributed by atoms with van der Waals surface area (Å²) in [6.07, 6.45) is 2.11. The van der Waals surface area contributed by atoms with Gasteiger partial charge in [0.1, 0.15) is 5.82 Å². The molecule has 0 aliphatic carbocycles. The number of ether oxygens (including phenoxy) is 2. The maximum absolute atomic E-state index is 6.30. The van der Waals surface area contributed by atoms with Crippen molar-refractivity contribution in [2.45, 2.75) is 31.0 Å². The number of fused-ring (bicyclic) bond motifs is 1. The minimum absolute atomic E-state index is 0.150. The molecule has 6 heteroatoms. The number of aromatic nitrogens is 2. The Hall–Kier alpha value is -1.07. The predicted molar refractivity (Wildman–Crippen MR) is 90.1 cm³/mol. The highest BCUT2D eigenvalue weighted by Crippen LogP contribution is 2.34. The summed E-state index contributed by atoms with van der Waals surface area (Å²) in [7, 11) is 3.27. The van der Waals surface area contributed by atoms with Crippen molar-refractivity contribution in [2.75, 3.05) is 20.5 Å². The van der Waals surface area contributed by atoms with Crippen LogP contribution in [0.5, 0.6) is 11.5 Å². The second kappa shape index (κ2) is 6.79. The molecule has 0 bridgehead atoms. The van der Waals surface area contributed by atoms with Gasteiger partial charge >= 0.3 is 0 Å². The van der Waals surface area contributed by atoms with E-state index in [1.165, 1.54) is 0 Å². The first-order chi connectivity index (χ1) is 10.0. The van der Waals surface area contributed by atoms with E-state index >= 15 is 0 Å². The third-order valence-corrected chi connectivity index (χ3v) is 4.63. The van der Waals surface area contributed by atoms with Gasteiger partial charge in [-0.05, 0) is 13.2 Å². The molecule has 2 aromatic rings. The Balaban J connectivity index is 2.64. The van der Waals surface area contributed by atoms with E-state index < -0.39 is 0 Å². The molecule has 1 aromatic heterocycles. The molecule has 0 saturated carbocycles. The number of hydrogen-bond donors (Lipinski definition) is 0. The average molecular weight is 329 g/mol. The number of nitrogens with zero attached hydrogens (tertiary/aromatic N) is 2. The van der Waals surface area contributed by atoms with Crippen molar-refractivity contribution in [1.82, 2.24) is 9.55 Å². The zero-order valence-corrected chi connectivity index (χ0v) is 14.6. The van der Waals surface area contributed by atoms with Crippen molar-refractivity contribution in [2.24, 2.45) is 0 Å². The summed E-state index contributed by atoms with van der Waals surface area (Å²) in [5.41, 5.74) is 1.90. The zero-order chi connectivity index (χ0) is 15.6. The van der Waals surface area contributed by atoms with Crippen LogP contribution in [-0.2, 0) is 6.54 Å². The summed E-state index contributed by atoms with van der Waals surface area (Å²) < 4.78 is 12.9. The van der Waals surface area contributed by atoms with Crippen LogP contribution in [0.4, 0.5) is 0 Å². The predicted octanol–water partition coefficient (Wildman–Crippen LogP) is 4.10. The second-order valence-electron chi connectivity index (χ2n) is 4.94. The maximum Gasteiger partial charge on any atom is 0.163 e. The molecular weight excluding hydrogens is 308 g/mol. The van der Waals surface area contributed by atoms with Crippen LogP contribution in [0.15, 0.2) is 12.1 Å². The van der Waals surface area contributed by atoms with Gasteiger partial charge in [0.15, 0.2) is 11.5 Å². The van der Waals surface area contributed by atoms with Crippen molar-refractivity contribution in [3.63, 3.8) is 0 Å². The first-order valence-electron chi connectivity index (χ1n) is 6.80. The molecule has 0 saturated heterocycles. The van der Waals surface area contributed by atoms with Crippen molar-refractivity contribution >= 4 is 34.4 Å². The van der Waals surface area contributed by atoms with Crippen molar-refractivity contribution in [3.05, 3.63) is 18.0 Å². The number of alkyl halides is 1. The molecular formula is C15H21ClN2O2S. The number of hydrogen-bond acceptors (Lipinski definition) is 4. The Bertz CT molecular complexity index is 628. The van der Waals surface area contributed by atoms with Crippen LogP contribution in [-0.4, -0.2) is 35.3 Å². The highest BCUT2D eigenvalue weighted by Gasteiger charge is 2.19. The molecule has 2 rings (SSSR count). The van der Waals surface area contributed by atoms with Crippen molar-refractivity contribution in [1.29, 1.82) is 0 Å². The monoisotopic (exact) mass is 328 g/mol.